The van der Waals surface area contributed by atoms with Crippen molar-refractivity contribution in [3.05, 3.63) is 16.7 Å². The average molecular weight is 315 g/mol. The number of methoxy groups -OCH3 is 3. The van der Waals surface area contributed by atoms with Crippen LogP contribution in [-0.4, -0.2) is 46.4 Å². The van der Waals surface area contributed by atoms with E-state index >= 15 is 0 Å². The standard InChI is InChI=1S/C15H23ClN2O3/c1-18-8-9(7-17)5-10(18)13-14(16)11(19-2)6-12(20-3)15(13)21-4/h6,9-10H,5,7-8,17H2,1-4H3. The highest BCUT2D eigenvalue weighted by atomic mass is 35.5. The van der Waals surface area contributed by atoms with Crippen LogP contribution < -0.4 is 19.9 Å². The van der Waals surface area contributed by atoms with Crippen molar-refractivity contribution >= 4 is 11.6 Å². The second-order valence-electron chi connectivity index (χ2n) is 5.33. The van der Waals surface area contributed by atoms with Crippen LogP contribution in [-0.2, 0) is 0 Å². The summed E-state index contributed by atoms with van der Waals surface area (Å²) in [4.78, 5) is 2.25. The van der Waals surface area contributed by atoms with E-state index < -0.39 is 0 Å². The maximum Gasteiger partial charge on any atom is 0.167 e. The van der Waals surface area contributed by atoms with Crippen molar-refractivity contribution in [2.24, 2.45) is 11.7 Å². The molecule has 1 aromatic rings. The fourth-order valence-electron chi connectivity index (χ4n) is 3.04. The first-order valence-corrected chi connectivity index (χ1v) is 7.33. The molecule has 1 aliphatic rings. The lowest BCUT2D eigenvalue weighted by molar-refractivity contribution is 0.293. The molecule has 0 saturated carbocycles. The van der Waals surface area contributed by atoms with Crippen molar-refractivity contribution in [3.63, 3.8) is 0 Å². The van der Waals surface area contributed by atoms with E-state index in [0.717, 1.165) is 18.5 Å². The number of benzene rings is 1. The topological polar surface area (TPSA) is 57.0 Å². The molecule has 0 radical (unpaired) electrons. The van der Waals surface area contributed by atoms with Crippen LogP contribution in [0.2, 0.25) is 5.02 Å². The van der Waals surface area contributed by atoms with Gasteiger partial charge in [0.2, 0.25) is 0 Å². The van der Waals surface area contributed by atoms with Crippen LogP contribution in [0, 0.1) is 5.92 Å². The summed E-state index contributed by atoms with van der Waals surface area (Å²) in [7, 11) is 6.90. The van der Waals surface area contributed by atoms with E-state index in [9.17, 15) is 0 Å². The third kappa shape index (κ3) is 2.91. The zero-order valence-corrected chi connectivity index (χ0v) is 13.7. The Kier molecular flexibility index (Phi) is 5.19. The molecule has 1 heterocycles. The number of nitrogens with zero attached hydrogens (tertiary/aromatic N) is 1. The Balaban J connectivity index is 2.55. The number of ether oxygens (including phenoxy) is 3. The second kappa shape index (κ2) is 6.73. The molecule has 0 aromatic heterocycles. The van der Waals surface area contributed by atoms with Gasteiger partial charge in [-0.25, -0.2) is 0 Å². The quantitative estimate of drug-likeness (QED) is 0.904. The number of halogens is 1. The number of rotatable bonds is 5. The van der Waals surface area contributed by atoms with Crippen LogP contribution in [0.3, 0.4) is 0 Å². The van der Waals surface area contributed by atoms with Gasteiger partial charge in [-0.1, -0.05) is 11.6 Å². The van der Waals surface area contributed by atoms with Gasteiger partial charge in [0, 0.05) is 24.2 Å². The number of hydrogen-bond donors (Lipinski definition) is 1. The molecular formula is C15H23ClN2O3. The summed E-state index contributed by atoms with van der Waals surface area (Å²) in [6.07, 6.45) is 0.944. The molecule has 0 spiro atoms. The fraction of sp³-hybridized carbons (Fsp3) is 0.600. The highest BCUT2D eigenvalue weighted by Crippen LogP contribution is 2.49. The molecule has 2 atom stereocenters. The van der Waals surface area contributed by atoms with E-state index in [-0.39, 0.29) is 6.04 Å². The molecule has 118 valence electrons. The Morgan fingerprint density at radius 1 is 1.24 bits per heavy atom. The second-order valence-corrected chi connectivity index (χ2v) is 5.71. The van der Waals surface area contributed by atoms with Gasteiger partial charge in [0.1, 0.15) is 5.75 Å². The van der Waals surface area contributed by atoms with Crippen molar-refractivity contribution < 1.29 is 14.2 Å². The summed E-state index contributed by atoms with van der Waals surface area (Å²) < 4.78 is 16.3. The Hall–Kier alpha value is -1.17. The lowest BCUT2D eigenvalue weighted by Gasteiger charge is -2.25. The van der Waals surface area contributed by atoms with Crippen LogP contribution >= 0.6 is 11.6 Å². The van der Waals surface area contributed by atoms with E-state index in [4.69, 9.17) is 31.5 Å². The van der Waals surface area contributed by atoms with Gasteiger partial charge in [0.25, 0.3) is 0 Å². The zero-order valence-electron chi connectivity index (χ0n) is 13.0. The minimum atomic E-state index is 0.144. The Labute approximate surface area is 130 Å². The third-order valence-electron chi connectivity index (χ3n) is 4.13. The van der Waals surface area contributed by atoms with Crippen molar-refractivity contribution in [2.45, 2.75) is 12.5 Å². The van der Waals surface area contributed by atoms with Crippen LogP contribution in [0.5, 0.6) is 17.2 Å². The molecule has 1 fully saturated rings. The lowest BCUT2D eigenvalue weighted by atomic mass is 9.98. The van der Waals surface area contributed by atoms with E-state index in [0.29, 0.717) is 34.7 Å². The molecule has 21 heavy (non-hydrogen) atoms. The van der Waals surface area contributed by atoms with Gasteiger partial charge in [0.05, 0.1) is 26.4 Å². The SMILES string of the molecule is COc1cc(OC)c(OC)c(C2CC(CN)CN2C)c1Cl. The van der Waals surface area contributed by atoms with Gasteiger partial charge < -0.3 is 19.9 Å². The van der Waals surface area contributed by atoms with Gasteiger partial charge in [0.15, 0.2) is 11.5 Å². The van der Waals surface area contributed by atoms with Crippen LogP contribution in [0.4, 0.5) is 0 Å². The highest BCUT2D eigenvalue weighted by molar-refractivity contribution is 6.33. The molecule has 0 aliphatic carbocycles. The fourth-order valence-corrected chi connectivity index (χ4v) is 3.38. The van der Waals surface area contributed by atoms with Crippen LogP contribution in [0.25, 0.3) is 0 Å². The minimum Gasteiger partial charge on any atom is -0.495 e. The molecule has 1 aromatic carbocycles. The van der Waals surface area contributed by atoms with E-state index in [2.05, 4.69) is 11.9 Å². The lowest BCUT2D eigenvalue weighted by Crippen LogP contribution is -2.21. The molecule has 1 saturated heterocycles. The van der Waals surface area contributed by atoms with E-state index in [1.165, 1.54) is 0 Å². The maximum absolute atomic E-state index is 6.54. The van der Waals surface area contributed by atoms with Crippen molar-refractivity contribution in [3.8, 4) is 17.2 Å². The first kappa shape index (κ1) is 16.2. The monoisotopic (exact) mass is 314 g/mol. The summed E-state index contributed by atoms with van der Waals surface area (Å²) in [6.45, 7) is 1.61. The summed E-state index contributed by atoms with van der Waals surface area (Å²) >= 11 is 6.54. The zero-order chi connectivity index (χ0) is 15.6. The predicted octanol–water partition coefficient (Wildman–Crippen LogP) is 2.32. The summed E-state index contributed by atoms with van der Waals surface area (Å²) in [5, 5.41) is 0.574. The van der Waals surface area contributed by atoms with E-state index in [1.807, 2.05) is 0 Å². The summed E-state index contributed by atoms with van der Waals surface area (Å²) in [6, 6.07) is 1.89. The number of likely N-dealkylation sites (tertiary alicyclic amines) is 1. The summed E-state index contributed by atoms with van der Waals surface area (Å²) in [5.74, 6) is 2.34. The smallest absolute Gasteiger partial charge is 0.167 e. The first-order valence-electron chi connectivity index (χ1n) is 6.96. The largest absolute Gasteiger partial charge is 0.495 e. The molecule has 2 unspecified atom stereocenters. The van der Waals surface area contributed by atoms with Gasteiger partial charge in [-0.3, -0.25) is 4.90 Å². The van der Waals surface area contributed by atoms with Gasteiger partial charge in [-0.15, -0.1) is 0 Å². The molecule has 5 nitrogen and oxygen atoms in total. The maximum atomic E-state index is 6.54. The predicted molar refractivity (Wildman–Crippen MR) is 83.6 cm³/mol. The first-order chi connectivity index (χ1) is 10.1. The number of hydrogen-bond acceptors (Lipinski definition) is 5. The summed E-state index contributed by atoms with van der Waals surface area (Å²) in [5.41, 5.74) is 6.73. The Morgan fingerprint density at radius 3 is 2.38 bits per heavy atom. The van der Waals surface area contributed by atoms with E-state index in [1.54, 1.807) is 27.4 Å². The molecule has 6 heteroatoms. The molecule has 0 bridgehead atoms. The van der Waals surface area contributed by atoms with Gasteiger partial charge in [-0.2, -0.15) is 0 Å². The Bertz CT molecular complexity index is 510. The van der Waals surface area contributed by atoms with Crippen LogP contribution in [0.15, 0.2) is 6.07 Å². The molecule has 2 rings (SSSR count). The third-order valence-corrected chi connectivity index (χ3v) is 4.52. The van der Waals surface area contributed by atoms with Gasteiger partial charge >= 0.3 is 0 Å². The molecular weight excluding hydrogens is 292 g/mol. The number of nitrogens with two attached hydrogens (primary N) is 1. The van der Waals surface area contributed by atoms with Crippen LogP contribution in [0.1, 0.15) is 18.0 Å². The van der Waals surface area contributed by atoms with Crippen molar-refractivity contribution in [2.75, 3.05) is 41.5 Å². The Morgan fingerprint density at radius 2 is 1.90 bits per heavy atom. The highest BCUT2D eigenvalue weighted by Gasteiger charge is 2.35. The molecule has 1 aliphatic heterocycles. The average Bonchev–Trinajstić information content (AvgIpc) is 2.87. The van der Waals surface area contributed by atoms with Crippen molar-refractivity contribution in [1.82, 2.24) is 4.90 Å². The minimum absolute atomic E-state index is 0.144. The molecule has 2 N–H and O–H groups in total. The molecule has 0 amide bonds. The van der Waals surface area contributed by atoms with Gasteiger partial charge in [-0.05, 0) is 25.9 Å². The van der Waals surface area contributed by atoms with Crippen molar-refractivity contribution in [1.29, 1.82) is 0 Å². The normalized spacial score (nSPS) is 22.4.